The molecule has 3 heteroatoms. The van der Waals surface area contributed by atoms with E-state index in [0.29, 0.717) is 0 Å². The lowest BCUT2D eigenvalue weighted by Crippen LogP contribution is -2.36. The molecule has 0 saturated carbocycles. The van der Waals surface area contributed by atoms with E-state index < -0.39 is 5.41 Å². The Morgan fingerprint density at radius 1 is 0.317 bits per heavy atom. The van der Waals surface area contributed by atoms with Crippen molar-refractivity contribution in [2.24, 2.45) is 0 Å². The van der Waals surface area contributed by atoms with Crippen molar-refractivity contribution in [1.82, 2.24) is 0 Å². The Bertz CT molecular complexity index is 2780. The monoisotopic (exact) mass is 769 g/mol. The second-order valence-electron chi connectivity index (χ2n) is 15.9. The molecule has 9 aromatic rings. The van der Waals surface area contributed by atoms with Gasteiger partial charge < -0.3 is 14.7 Å². The van der Waals surface area contributed by atoms with Crippen LogP contribution in [0.25, 0.3) is 11.1 Å². The summed E-state index contributed by atoms with van der Waals surface area (Å²) in [5.41, 5.74) is 19.6. The molecule has 1 aliphatic carbocycles. The molecule has 3 nitrogen and oxygen atoms in total. The van der Waals surface area contributed by atoms with Gasteiger partial charge in [0.15, 0.2) is 0 Å². The third-order valence-electron chi connectivity index (χ3n) is 12.3. The van der Waals surface area contributed by atoms with Gasteiger partial charge in [-0.1, -0.05) is 139 Å². The molecule has 1 aliphatic heterocycles. The van der Waals surface area contributed by atoms with Gasteiger partial charge in [-0.3, -0.25) is 0 Å². The fourth-order valence-corrected chi connectivity index (χ4v) is 9.74. The summed E-state index contributed by atoms with van der Waals surface area (Å²) < 4.78 is 0. The van der Waals surface area contributed by atoms with Gasteiger partial charge in [0.05, 0.1) is 16.8 Å². The Kier molecular flexibility index (Phi) is 8.49. The molecule has 0 unspecified atom stereocenters. The maximum Gasteiger partial charge on any atom is 0.0755 e. The zero-order valence-electron chi connectivity index (χ0n) is 33.7. The van der Waals surface area contributed by atoms with Crippen LogP contribution in [0.1, 0.15) is 33.4 Å². The summed E-state index contributed by atoms with van der Waals surface area (Å²) in [7, 11) is 0. The van der Waals surface area contributed by atoms with Crippen molar-refractivity contribution in [3.8, 4) is 11.1 Å². The SMILES string of the molecule is Cc1ccc(N2c3ccccc3C3(c4cc(N(c5ccccc5)c5ccccc5)ccc4-c4ccc(N(c5ccccc5)c5ccccc5)cc43)c3cc(C)ccc32)cc1. The third kappa shape index (κ3) is 5.58. The predicted molar refractivity (Wildman–Crippen MR) is 251 cm³/mol. The van der Waals surface area contributed by atoms with Crippen LogP contribution < -0.4 is 14.7 Å². The van der Waals surface area contributed by atoms with Crippen LogP contribution in [0.3, 0.4) is 0 Å². The minimum atomic E-state index is -0.659. The van der Waals surface area contributed by atoms with Crippen molar-refractivity contribution in [1.29, 1.82) is 0 Å². The summed E-state index contributed by atoms with van der Waals surface area (Å²) in [6.45, 7) is 4.39. The average molecular weight is 770 g/mol. The van der Waals surface area contributed by atoms with E-state index in [4.69, 9.17) is 0 Å². The van der Waals surface area contributed by atoms with Crippen LogP contribution >= 0.6 is 0 Å². The molecule has 1 spiro atoms. The molecule has 0 bridgehead atoms. The Morgan fingerprint density at radius 2 is 0.733 bits per heavy atom. The molecule has 0 N–H and O–H groups in total. The molecular formula is C57H43N3. The normalized spacial score (nSPS) is 12.9. The Balaban J connectivity index is 1.24. The number of nitrogens with zero attached hydrogens (tertiary/aromatic N) is 3. The van der Waals surface area contributed by atoms with Gasteiger partial charge in [-0.2, -0.15) is 0 Å². The smallest absolute Gasteiger partial charge is 0.0755 e. The van der Waals surface area contributed by atoms with Crippen molar-refractivity contribution in [2.75, 3.05) is 14.7 Å². The van der Waals surface area contributed by atoms with Crippen LogP contribution in [0.4, 0.5) is 51.2 Å². The first kappa shape index (κ1) is 35.5. The number of para-hydroxylation sites is 5. The lowest BCUT2D eigenvalue weighted by molar-refractivity contribution is 0.751. The molecule has 0 amide bonds. The lowest BCUT2D eigenvalue weighted by Gasteiger charge is -2.45. The molecule has 0 atom stereocenters. The molecule has 60 heavy (non-hydrogen) atoms. The quantitative estimate of drug-likeness (QED) is 0.160. The van der Waals surface area contributed by atoms with Crippen LogP contribution in [0.15, 0.2) is 224 Å². The van der Waals surface area contributed by atoms with E-state index in [2.05, 4.69) is 253 Å². The van der Waals surface area contributed by atoms with Gasteiger partial charge in [-0.15, -0.1) is 0 Å². The molecule has 11 rings (SSSR count). The molecule has 0 saturated heterocycles. The molecular weight excluding hydrogens is 727 g/mol. The largest absolute Gasteiger partial charge is 0.310 e. The van der Waals surface area contributed by atoms with Crippen molar-refractivity contribution >= 4 is 51.2 Å². The number of anilines is 9. The van der Waals surface area contributed by atoms with Gasteiger partial charge >= 0.3 is 0 Å². The molecule has 286 valence electrons. The number of rotatable bonds is 7. The highest BCUT2D eigenvalue weighted by molar-refractivity contribution is 5.98. The standard InChI is InChI=1S/C57H43N3/c1-40-27-30-46(31-28-40)60-55-26-16-15-25-51(55)57(54-37-41(2)29-36-56(54)60)52-38-47(58(42-17-7-3-8-18-42)43-19-9-4-10-20-43)32-34-49(52)50-35-33-48(39-53(50)57)59(44-21-11-5-12-22-44)45-23-13-6-14-24-45/h3-39H,1-2H3. The van der Waals surface area contributed by atoms with Crippen molar-refractivity contribution in [3.05, 3.63) is 258 Å². The molecule has 0 fully saturated rings. The van der Waals surface area contributed by atoms with E-state index >= 15 is 0 Å². The number of fused-ring (bicyclic) bond motifs is 9. The van der Waals surface area contributed by atoms with Gasteiger partial charge in [0.2, 0.25) is 0 Å². The molecule has 9 aromatic carbocycles. The highest BCUT2D eigenvalue weighted by atomic mass is 15.2. The van der Waals surface area contributed by atoms with Crippen LogP contribution in [0.2, 0.25) is 0 Å². The first-order valence-corrected chi connectivity index (χ1v) is 20.8. The summed E-state index contributed by atoms with van der Waals surface area (Å²) >= 11 is 0. The van der Waals surface area contributed by atoms with E-state index in [0.717, 1.165) is 39.8 Å². The second kappa shape index (κ2) is 14.3. The van der Waals surface area contributed by atoms with Gasteiger partial charge in [-0.25, -0.2) is 0 Å². The van der Waals surface area contributed by atoms with Crippen LogP contribution in [-0.4, -0.2) is 0 Å². The van der Waals surface area contributed by atoms with E-state index in [1.807, 2.05) is 0 Å². The fraction of sp³-hybridized carbons (Fsp3) is 0.0526. The average Bonchev–Trinajstić information content (AvgIpc) is 3.58. The topological polar surface area (TPSA) is 9.72 Å². The first-order chi connectivity index (χ1) is 29.6. The number of hydrogen-bond acceptors (Lipinski definition) is 3. The fourth-order valence-electron chi connectivity index (χ4n) is 9.74. The predicted octanol–water partition coefficient (Wildman–Crippen LogP) is 15.4. The molecule has 0 aromatic heterocycles. The van der Waals surface area contributed by atoms with Crippen LogP contribution in [-0.2, 0) is 5.41 Å². The lowest BCUT2D eigenvalue weighted by atomic mass is 9.64. The van der Waals surface area contributed by atoms with Gasteiger partial charge in [-0.05, 0) is 144 Å². The van der Waals surface area contributed by atoms with Crippen molar-refractivity contribution in [3.63, 3.8) is 0 Å². The second-order valence-corrected chi connectivity index (χ2v) is 15.9. The highest BCUT2D eigenvalue weighted by Gasteiger charge is 2.52. The van der Waals surface area contributed by atoms with Crippen molar-refractivity contribution < 1.29 is 0 Å². The van der Waals surface area contributed by atoms with Gasteiger partial charge in [0, 0.05) is 39.8 Å². The van der Waals surface area contributed by atoms with E-state index in [1.54, 1.807) is 0 Å². The summed E-state index contributed by atoms with van der Waals surface area (Å²) in [6.07, 6.45) is 0. The zero-order valence-corrected chi connectivity index (χ0v) is 33.7. The van der Waals surface area contributed by atoms with Crippen molar-refractivity contribution in [2.45, 2.75) is 19.3 Å². The molecule has 2 aliphatic rings. The minimum absolute atomic E-state index is 0.659. The maximum absolute atomic E-state index is 2.48. The first-order valence-electron chi connectivity index (χ1n) is 20.8. The third-order valence-corrected chi connectivity index (χ3v) is 12.3. The summed E-state index contributed by atoms with van der Waals surface area (Å²) in [5.74, 6) is 0. The number of benzene rings is 9. The maximum atomic E-state index is 2.48. The Morgan fingerprint density at radius 3 is 1.22 bits per heavy atom. The molecule has 1 heterocycles. The Labute approximate surface area is 352 Å². The number of aryl methyl sites for hydroxylation is 2. The number of hydrogen-bond donors (Lipinski definition) is 0. The zero-order chi connectivity index (χ0) is 40.2. The van der Waals surface area contributed by atoms with Gasteiger partial charge in [0.25, 0.3) is 0 Å². The summed E-state index contributed by atoms with van der Waals surface area (Å²) in [4.78, 5) is 7.25. The van der Waals surface area contributed by atoms with Crippen LogP contribution in [0.5, 0.6) is 0 Å². The van der Waals surface area contributed by atoms with E-state index in [-0.39, 0.29) is 0 Å². The summed E-state index contributed by atoms with van der Waals surface area (Å²) in [5, 5.41) is 0. The highest BCUT2D eigenvalue weighted by Crippen LogP contribution is 2.64. The van der Waals surface area contributed by atoms with Gasteiger partial charge in [0.1, 0.15) is 0 Å². The summed E-state index contributed by atoms with van der Waals surface area (Å²) in [6, 6.07) is 82.4. The minimum Gasteiger partial charge on any atom is -0.310 e. The molecule has 0 radical (unpaired) electrons. The van der Waals surface area contributed by atoms with Crippen LogP contribution in [0, 0.1) is 13.8 Å². The Hall–Kier alpha value is -7.62. The van der Waals surface area contributed by atoms with E-state index in [1.165, 1.54) is 55.9 Å². The van der Waals surface area contributed by atoms with E-state index in [9.17, 15) is 0 Å².